The Hall–Kier alpha value is -7.36. The van der Waals surface area contributed by atoms with Crippen molar-refractivity contribution in [3.05, 3.63) is 204 Å². The first kappa shape index (κ1) is 43.9. The molecule has 11 heteroatoms. The molecule has 10 aromatic carbocycles. The summed E-state index contributed by atoms with van der Waals surface area (Å²) in [6.07, 6.45) is 0. The predicted octanol–water partition coefficient (Wildman–Crippen LogP) is 5.05. The molecule has 18 radical (unpaired) electrons. The summed E-state index contributed by atoms with van der Waals surface area (Å²) in [7, 11) is 60.9. The zero-order valence-electron chi connectivity index (χ0n) is 37.9. The molecule has 1 aromatic heterocycles. The minimum absolute atomic E-state index is 0.0374. The molecule has 0 bridgehead atoms. The van der Waals surface area contributed by atoms with E-state index < -0.39 is 5.41 Å². The van der Waals surface area contributed by atoms with Crippen LogP contribution in [0.2, 0.25) is 0 Å². The van der Waals surface area contributed by atoms with Gasteiger partial charge < -0.3 is 9.32 Å². The molecule has 2 nitrogen and oxygen atoms in total. The molecule has 0 saturated carbocycles. The minimum atomic E-state index is -0.708. The van der Waals surface area contributed by atoms with Gasteiger partial charge in [-0.1, -0.05) is 178 Å². The van der Waals surface area contributed by atoms with Crippen molar-refractivity contribution in [1.29, 1.82) is 0 Å². The Labute approximate surface area is 419 Å². The van der Waals surface area contributed by atoms with Crippen molar-refractivity contribution in [2.45, 2.75) is 5.41 Å². The number of nitrogens with zero attached hydrogens (tertiary/aromatic N) is 1. The third-order valence-electron chi connectivity index (χ3n) is 14.3. The molecule has 1 aliphatic carbocycles. The molecule has 12 rings (SSSR count). The summed E-state index contributed by atoms with van der Waals surface area (Å²) in [5.74, 6) is 0. The molecule has 0 fully saturated rings. The van der Waals surface area contributed by atoms with E-state index in [0.29, 0.717) is 5.69 Å². The summed E-state index contributed by atoms with van der Waals surface area (Å²) in [6.45, 7) is 0. The number of furan rings is 1. The van der Waals surface area contributed by atoms with Gasteiger partial charge in [0.25, 0.3) is 0 Å². The van der Waals surface area contributed by atoms with E-state index in [1.54, 1.807) is 0 Å². The molecular weight excluding hydrogens is 836 g/mol. The van der Waals surface area contributed by atoms with Gasteiger partial charge in [0.05, 0.1) is 5.41 Å². The predicted molar refractivity (Wildman–Crippen MR) is 303 cm³/mol. The molecule has 0 spiro atoms. The van der Waals surface area contributed by atoms with Crippen LogP contribution in [0.5, 0.6) is 0 Å². The third kappa shape index (κ3) is 6.33. The second-order valence-electron chi connectivity index (χ2n) is 17.9. The second-order valence-corrected chi connectivity index (χ2v) is 17.9. The number of benzene rings is 10. The van der Waals surface area contributed by atoms with Crippen LogP contribution in [0, 0.1) is 0 Å². The summed E-state index contributed by atoms with van der Waals surface area (Å²) in [6, 6.07) is 63.2. The highest BCUT2D eigenvalue weighted by Crippen LogP contribution is 2.57. The number of hydrogen-bond donors (Lipinski definition) is 0. The van der Waals surface area contributed by atoms with Gasteiger partial charge in [-0.3, -0.25) is 0 Å². The van der Waals surface area contributed by atoms with E-state index in [1.807, 2.05) is 53.4 Å². The highest BCUT2D eigenvalue weighted by atomic mass is 16.3. The normalized spacial score (nSPS) is 12.6. The average Bonchev–Trinajstić information content (AvgIpc) is 3.94. The zero-order valence-corrected chi connectivity index (χ0v) is 37.9. The molecule has 0 saturated heterocycles. The van der Waals surface area contributed by atoms with Crippen molar-refractivity contribution in [2.24, 2.45) is 0 Å². The molecular formula is C59H30B9NO. The van der Waals surface area contributed by atoms with E-state index in [2.05, 4.69) is 133 Å². The monoisotopic (exact) mass is 867 g/mol. The van der Waals surface area contributed by atoms with Gasteiger partial charge in [0, 0.05) is 33.2 Å². The van der Waals surface area contributed by atoms with Crippen molar-refractivity contribution in [2.75, 3.05) is 4.90 Å². The third-order valence-corrected chi connectivity index (χ3v) is 14.3. The average molecular weight is 866 g/mol. The Kier molecular flexibility index (Phi) is 10.4. The van der Waals surface area contributed by atoms with Gasteiger partial charge >= 0.3 is 0 Å². The van der Waals surface area contributed by atoms with Crippen molar-refractivity contribution in [1.82, 2.24) is 0 Å². The van der Waals surface area contributed by atoms with Gasteiger partial charge in [-0.2, -0.15) is 0 Å². The smallest absolute Gasteiger partial charge is 0.143 e. The lowest BCUT2D eigenvalue weighted by Gasteiger charge is -2.36. The van der Waals surface area contributed by atoms with E-state index in [1.165, 1.54) is 5.56 Å². The van der Waals surface area contributed by atoms with E-state index in [0.717, 1.165) is 83.0 Å². The first-order valence-electron chi connectivity index (χ1n) is 22.9. The largest absolute Gasteiger partial charge is 0.455 e. The molecule has 1 aliphatic rings. The molecule has 0 unspecified atom stereocenters. The van der Waals surface area contributed by atoms with Gasteiger partial charge in [-0.25, -0.2) is 0 Å². The van der Waals surface area contributed by atoms with Crippen LogP contribution in [0.1, 0.15) is 22.3 Å². The topological polar surface area (TPSA) is 16.4 Å². The molecule has 0 amide bonds. The van der Waals surface area contributed by atoms with Crippen molar-refractivity contribution >= 4 is 170 Å². The quantitative estimate of drug-likeness (QED) is 0.209. The van der Waals surface area contributed by atoms with Crippen LogP contribution in [0.3, 0.4) is 0 Å². The summed E-state index contributed by atoms with van der Waals surface area (Å²) >= 11 is 0. The molecule has 0 atom stereocenters. The van der Waals surface area contributed by atoms with Crippen LogP contribution in [0.25, 0.3) is 66.1 Å². The van der Waals surface area contributed by atoms with Gasteiger partial charge in [0.2, 0.25) is 0 Å². The minimum Gasteiger partial charge on any atom is -0.455 e. The van der Waals surface area contributed by atoms with Crippen LogP contribution in [0.15, 0.2) is 186 Å². The molecule has 0 aliphatic heterocycles. The van der Waals surface area contributed by atoms with E-state index in [4.69, 9.17) is 75.0 Å². The maximum absolute atomic E-state index is 7.27. The number of rotatable bonds is 7. The van der Waals surface area contributed by atoms with Gasteiger partial charge in [-0.15, -0.1) is 16.4 Å². The van der Waals surface area contributed by atoms with Gasteiger partial charge in [-0.05, 0) is 97.4 Å². The van der Waals surface area contributed by atoms with E-state index in [9.17, 15) is 0 Å². The van der Waals surface area contributed by atoms with Crippen LogP contribution < -0.4 is 54.1 Å². The highest BCUT2D eigenvalue weighted by Gasteiger charge is 2.46. The lowest BCUT2D eigenvalue weighted by Crippen LogP contribution is -2.57. The number of hydrogen-bond acceptors (Lipinski definition) is 2. The molecule has 11 aromatic rings. The Morgan fingerprint density at radius 2 is 0.900 bits per heavy atom. The van der Waals surface area contributed by atoms with Crippen LogP contribution in [0.4, 0.5) is 17.1 Å². The molecule has 1 heterocycles. The summed E-state index contributed by atoms with van der Waals surface area (Å²) in [4.78, 5) is 2.01. The van der Waals surface area contributed by atoms with Crippen LogP contribution in [-0.2, 0) is 5.41 Å². The highest BCUT2D eigenvalue weighted by molar-refractivity contribution is 6.71. The SMILES string of the molecule is [B]c1c([B])c([B])c(-c2c([B])c([B])c(N(c3ccc(-c4cccc5oc6c7ccccc7ccc6c45)cc3)c3ccc4c(c3)C(c3ccccc3)(c3ccccc3)c3ccccc3-4)c([B])c2[B])c([B])c1[B]. The Balaban J connectivity index is 1.11. The lowest BCUT2D eigenvalue weighted by molar-refractivity contribution is 0.673. The van der Waals surface area contributed by atoms with Crippen molar-refractivity contribution in [3.8, 4) is 33.4 Å². The van der Waals surface area contributed by atoms with Crippen LogP contribution >= 0.6 is 0 Å². The maximum atomic E-state index is 7.27. The van der Waals surface area contributed by atoms with E-state index in [-0.39, 0.29) is 60.3 Å². The Morgan fingerprint density at radius 3 is 1.56 bits per heavy atom. The zero-order chi connectivity index (χ0) is 48.2. The fourth-order valence-corrected chi connectivity index (χ4v) is 11.0. The van der Waals surface area contributed by atoms with Crippen LogP contribution in [-0.4, -0.2) is 70.6 Å². The fraction of sp³-hybridized carbons (Fsp3) is 0.0169. The van der Waals surface area contributed by atoms with E-state index >= 15 is 0 Å². The Morgan fingerprint density at radius 1 is 0.371 bits per heavy atom. The first-order valence-corrected chi connectivity index (χ1v) is 22.9. The van der Waals surface area contributed by atoms with Gasteiger partial charge in [0.1, 0.15) is 81.8 Å². The Bertz CT molecular complexity index is 3850. The number of anilines is 3. The van der Waals surface area contributed by atoms with Crippen molar-refractivity contribution < 1.29 is 4.42 Å². The molecule has 0 N–H and O–H groups in total. The maximum Gasteiger partial charge on any atom is 0.143 e. The molecule has 304 valence electrons. The number of fused-ring (bicyclic) bond motifs is 8. The van der Waals surface area contributed by atoms with Crippen molar-refractivity contribution in [3.63, 3.8) is 0 Å². The molecule has 70 heavy (non-hydrogen) atoms. The summed E-state index contributed by atoms with van der Waals surface area (Å²) < 4.78 is 6.57. The van der Waals surface area contributed by atoms with Gasteiger partial charge in [0.15, 0.2) is 0 Å². The second kappa shape index (κ2) is 16.7. The summed E-state index contributed by atoms with van der Waals surface area (Å²) in [5.41, 5.74) is 12.5. The fourth-order valence-electron chi connectivity index (χ4n) is 11.0. The lowest BCUT2D eigenvalue weighted by atomic mass is 9.56. The summed E-state index contributed by atoms with van der Waals surface area (Å²) in [5, 5.41) is 4.23. The standard InChI is InChI=1S/C59H30B9NO/c60-48-46(49(61)53(65)54(66)52(48)64)47-50(62)55(67)57(56(68)51(47)63)69(35-25-22-32(23-26-35)37-19-11-21-44-45(37)41-28-24-31-12-7-8-17-38(31)58(41)70-44)36-27-29-40-39-18-9-10-20-42(39)59(43(40)30-36,33-13-3-1-4-14-33)34-15-5-2-6-16-34/h1-30H. The first-order chi connectivity index (χ1) is 34.0.